The lowest BCUT2D eigenvalue weighted by atomic mass is 10.2. The molecule has 27 heavy (non-hydrogen) atoms. The number of ether oxygens (including phenoxy) is 2. The molecule has 0 atom stereocenters. The quantitative estimate of drug-likeness (QED) is 0.310. The number of nitrogens with zero attached hydrogens (tertiary/aromatic N) is 1. The van der Waals surface area contributed by atoms with E-state index in [4.69, 9.17) is 9.47 Å². The van der Waals surface area contributed by atoms with Gasteiger partial charge < -0.3 is 9.47 Å². The van der Waals surface area contributed by atoms with Crippen LogP contribution in [-0.4, -0.2) is 17.6 Å². The number of hydrogen-bond acceptors (Lipinski definition) is 5. The molecule has 5 heteroatoms. The van der Waals surface area contributed by atoms with Crippen molar-refractivity contribution >= 4 is 23.4 Å². The maximum absolute atomic E-state index is 11.9. The van der Waals surface area contributed by atoms with Gasteiger partial charge in [-0.25, -0.2) is 9.78 Å². The summed E-state index contributed by atoms with van der Waals surface area (Å²) in [6.45, 7) is 4.22. The zero-order chi connectivity index (χ0) is 18.9. The Hall–Kier alpha value is -3.18. The predicted molar refractivity (Wildman–Crippen MR) is 109 cm³/mol. The summed E-state index contributed by atoms with van der Waals surface area (Å²) in [7, 11) is 0. The minimum absolute atomic E-state index is 0.154. The van der Waals surface area contributed by atoms with Crippen LogP contribution in [0, 0.1) is 0 Å². The van der Waals surface area contributed by atoms with Gasteiger partial charge in [0.1, 0.15) is 24.0 Å². The molecule has 0 unspecified atom stereocenters. The second kappa shape index (κ2) is 9.50. The standard InChI is InChI=1S/C22H19NO3S/c1-2-14-25-20-11-8-17(9-12-20)10-13-21(24)26-15-19-16-27-22(23-19)18-6-4-3-5-7-18/h2-13,16H,1,14-15H2/b13-10+. The molecule has 0 saturated carbocycles. The summed E-state index contributed by atoms with van der Waals surface area (Å²) in [5, 5.41) is 2.82. The Morgan fingerprint density at radius 1 is 1.11 bits per heavy atom. The van der Waals surface area contributed by atoms with Crippen LogP contribution in [0.4, 0.5) is 0 Å². The number of carbonyl (C=O) groups excluding carboxylic acids is 1. The molecule has 2 aromatic carbocycles. The van der Waals surface area contributed by atoms with Crippen molar-refractivity contribution in [3.05, 3.63) is 90.0 Å². The van der Waals surface area contributed by atoms with Crippen LogP contribution in [0.3, 0.4) is 0 Å². The Morgan fingerprint density at radius 2 is 1.89 bits per heavy atom. The maximum atomic E-state index is 11.9. The normalized spacial score (nSPS) is 10.7. The van der Waals surface area contributed by atoms with Gasteiger partial charge >= 0.3 is 5.97 Å². The second-order valence-corrected chi connectivity index (χ2v) is 6.48. The van der Waals surface area contributed by atoms with Gasteiger partial charge in [-0.1, -0.05) is 55.1 Å². The maximum Gasteiger partial charge on any atom is 0.331 e. The average molecular weight is 377 g/mol. The molecule has 3 rings (SSSR count). The molecule has 0 aliphatic heterocycles. The number of esters is 1. The average Bonchev–Trinajstić information content (AvgIpc) is 3.20. The lowest BCUT2D eigenvalue weighted by molar-refractivity contribution is -0.139. The highest BCUT2D eigenvalue weighted by molar-refractivity contribution is 7.13. The first-order chi connectivity index (χ1) is 13.2. The Kier molecular flexibility index (Phi) is 6.55. The Bertz CT molecular complexity index is 914. The van der Waals surface area contributed by atoms with Crippen LogP contribution in [0.5, 0.6) is 5.75 Å². The third-order valence-electron chi connectivity index (χ3n) is 3.59. The number of aromatic nitrogens is 1. The molecule has 1 aromatic heterocycles. The van der Waals surface area contributed by atoms with E-state index in [0.29, 0.717) is 6.61 Å². The van der Waals surface area contributed by atoms with Gasteiger partial charge in [0.05, 0.1) is 5.69 Å². The lowest BCUT2D eigenvalue weighted by Gasteiger charge is -2.02. The molecule has 0 spiro atoms. The van der Waals surface area contributed by atoms with Crippen molar-refractivity contribution in [2.75, 3.05) is 6.61 Å². The zero-order valence-corrected chi connectivity index (χ0v) is 15.5. The highest BCUT2D eigenvalue weighted by atomic mass is 32.1. The number of benzene rings is 2. The molecular formula is C22H19NO3S. The first-order valence-electron chi connectivity index (χ1n) is 8.43. The Balaban J connectivity index is 1.50. The third kappa shape index (κ3) is 5.66. The van der Waals surface area contributed by atoms with Gasteiger partial charge in [0, 0.05) is 17.0 Å². The molecule has 1 heterocycles. The van der Waals surface area contributed by atoms with Gasteiger partial charge in [0.2, 0.25) is 0 Å². The second-order valence-electron chi connectivity index (χ2n) is 5.62. The van der Waals surface area contributed by atoms with E-state index >= 15 is 0 Å². The van der Waals surface area contributed by atoms with Crippen LogP contribution >= 0.6 is 11.3 Å². The molecule has 0 amide bonds. The SMILES string of the molecule is C=CCOc1ccc(/C=C/C(=O)OCc2csc(-c3ccccc3)n2)cc1. The van der Waals surface area contributed by atoms with E-state index in [9.17, 15) is 4.79 Å². The molecule has 0 aliphatic rings. The smallest absolute Gasteiger partial charge is 0.331 e. The molecule has 0 aliphatic carbocycles. The van der Waals surface area contributed by atoms with Crippen molar-refractivity contribution in [3.8, 4) is 16.3 Å². The summed E-state index contributed by atoms with van der Waals surface area (Å²) in [6, 6.07) is 17.3. The number of rotatable bonds is 8. The van der Waals surface area contributed by atoms with E-state index in [2.05, 4.69) is 11.6 Å². The third-order valence-corrected chi connectivity index (χ3v) is 4.53. The minimum atomic E-state index is -0.406. The molecule has 0 radical (unpaired) electrons. The van der Waals surface area contributed by atoms with E-state index in [1.165, 1.54) is 17.4 Å². The molecule has 0 fully saturated rings. The van der Waals surface area contributed by atoms with Crippen molar-refractivity contribution in [1.82, 2.24) is 4.98 Å². The largest absolute Gasteiger partial charge is 0.490 e. The van der Waals surface area contributed by atoms with Gasteiger partial charge in [-0.2, -0.15) is 0 Å². The van der Waals surface area contributed by atoms with E-state index in [1.807, 2.05) is 60.0 Å². The summed E-state index contributed by atoms with van der Waals surface area (Å²) in [5.74, 6) is 0.351. The molecule has 136 valence electrons. The van der Waals surface area contributed by atoms with Crippen LogP contribution in [0.2, 0.25) is 0 Å². The zero-order valence-electron chi connectivity index (χ0n) is 14.7. The topological polar surface area (TPSA) is 48.4 Å². The van der Waals surface area contributed by atoms with Gasteiger partial charge in [-0.15, -0.1) is 11.3 Å². The van der Waals surface area contributed by atoms with Crippen molar-refractivity contribution in [2.24, 2.45) is 0 Å². The van der Waals surface area contributed by atoms with E-state index in [0.717, 1.165) is 27.6 Å². The van der Waals surface area contributed by atoms with Crippen LogP contribution in [0.1, 0.15) is 11.3 Å². The van der Waals surface area contributed by atoms with Crippen molar-refractivity contribution in [1.29, 1.82) is 0 Å². The molecule has 0 N–H and O–H groups in total. The molecule has 0 saturated heterocycles. The molecule has 4 nitrogen and oxygen atoms in total. The van der Waals surface area contributed by atoms with Gasteiger partial charge in [-0.3, -0.25) is 0 Å². The number of thiazole rings is 1. The van der Waals surface area contributed by atoms with Crippen LogP contribution in [-0.2, 0) is 16.1 Å². The van der Waals surface area contributed by atoms with E-state index in [-0.39, 0.29) is 6.61 Å². The van der Waals surface area contributed by atoms with Crippen LogP contribution < -0.4 is 4.74 Å². The highest BCUT2D eigenvalue weighted by Gasteiger charge is 2.06. The van der Waals surface area contributed by atoms with Crippen molar-refractivity contribution in [2.45, 2.75) is 6.61 Å². The minimum Gasteiger partial charge on any atom is -0.490 e. The number of carbonyl (C=O) groups is 1. The Morgan fingerprint density at radius 3 is 2.63 bits per heavy atom. The van der Waals surface area contributed by atoms with Crippen LogP contribution in [0.25, 0.3) is 16.6 Å². The summed E-state index contributed by atoms with van der Waals surface area (Å²) < 4.78 is 10.7. The number of hydrogen-bond donors (Lipinski definition) is 0. The summed E-state index contributed by atoms with van der Waals surface area (Å²) in [6.07, 6.45) is 4.80. The van der Waals surface area contributed by atoms with Crippen molar-refractivity contribution < 1.29 is 14.3 Å². The first kappa shape index (κ1) is 18.6. The Labute approximate surface area is 162 Å². The fraction of sp³-hybridized carbons (Fsp3) is 0.0909. The van der Waals surface area contributed by atoms with Gasteiger partial charge in [-0.05, 0) is 23.8 Å². The summed E-state index contributed by atoms with van der Waals surface area (Å²) in [4.78, 5) is 16.4. The van der Waals surface area contributed by atoms with Gasteiger partial charge in [0.25, 0.3) is 0 Å². The monoisotopic (exact) mass is 377 g/mol. The van der Waals surface area contributed by atoms with E-state index < -0.39 is 5.97 Å². The summed E-state index contributed by atoms with van der Waals surface area (Å²) in [5.41, 5.74) is 2.68. The predicted octanol–water partition coefficient (Wildman–Crippen LogP) is 5.13. The first-order valence-corrected chi connectivity index (χ1v) is 9.31. The van der Waals surface area contributed by atoms with Crippen LogP contribution in [0.15, 0.2) is 78.7 Å². The van der Waals surface area contributed by atoms with Crippen molar-refractivity contribution in [3.63, 3.8) is 0 Å². The van der Waals surface area contributed by atoms with Gasteiger partial charge in [0.15, 0.2) is 0 Å². The fourth-order valence-electron chi connectivity index (χ4n) is 2.27. The molecule has 3 aromatic rings. The lowest BCUT2D eigenvalue weighted by Crippen LogP contribution is -2.01. The van der Waals surface area contributed by atoms with E-state index in [1.54, 1.807) is 12.2 Å². The highest BCUT2D eigenvalue weighted by Crippen LogP contribution is 2.23. The summed E-state index contributed by atoms with van der Waals surface area (Å²) >= 11 is 1.53. The molecular weight excluding hydrogens is 358 g/mol. The fourth-order valence-corrected chi connectivity index (χ4v) is 3.08. The molecule has 0 bridgehead atoms.